The number of hydrogen-bond donors (Lipinski definition) is 2. The van der Waals surface area contributed by atoms with Crippen molar-refractivity contribution in [2.45, 2.75) is 56.8 Å². The van der Waals surface area contributed by atoms with Crippen LogP contribution in [-0.4, -0.2) is 47.8 Å². The first-order chi connectivity index (χ1) is 17.2. The van der Waals surface area contributed by atoms with E-state index < -0.39 is 11.7 Å². The van der Waals surface area contributed by atoms with Crippen molar-refractivity contribution in [3.05, 3.63) is 71.3 Å². The van der Waals surface area contributed by atoms with Crippen LogP contribution in [0.4, 0.5) is 13.2 Å². The number of rotatable bonds is 5. The van der Waals surface area contributed by atoms with Crippen LogP contribution in [0.2, 0.25) is 0 Å². The fourth-order valence-corrected chi connectivity index (χ4v) is 4.95. The molecular formula is C27H30F3N3O3. The smallest absolute Gasteiger partial charge is 0.351 e. The number of alkyl halides is 3. The molecule has 2 aromatic carbocycles. The Morgan fingerprint density at radius 1 is 0.750 bits per heavy atom. The minimum atomic E-state index is -4.45. The number of carbonyl (C=O) groups excluding carboxylic acids is 3. The summed E-state index contributed by atoms with van der Waals surface area (Å²) in [7, 11) is 0. The first kappa shape index (κ1) is 25.7. The van der Waals surface area contributed by atoms with E-state index in [9.17, 15) is 27.6 Å². The minimum absolute atomic E-state index is 0.0810. The highest BCUT2D eigenvalue weighted by Crippen LogP contribution is 2.29. The number of likely N-dealkylation sites (tertiary alicyclic amines) is 1. The number of benzene rings is 2. The zero-order valence-corrected chi connectivity index (χ0v) is 19.9. The molecule has 1 aliphatic carbocycles. The van der Waals surface area contributed by atoms with Gasteiger partial charge in [0.05, 0.1) is 5.56 Å². The monoisotopic (exact) mass is 501 g/mol. The average Bonchev–Trinajstić information content (AvgIpc) is 2.89. The highest BCUT2D eigenvalue weighted by atomic mass is 19.4. The maximum absolute atomic E-state index is 13.0. The third-order valence-electron chi connectivity index (χ3n) is 7.06. The van der Waals surface area contributed by atoms with E-state index in [1.807, 2.05) is 18.2 Å². The molecule has 36 heavy (non-hydrogen) atoms. The summed E-state index contributed by atoms with van der Waals surface area (Å²) < 4.78 is 38.3. The summed E-state index contributed by atoms with van der Waals surface area (Å²) in [5.74, 6) is -0.827. The zero-order chi connectivity index (χ0) is 25.7. The highest BCUT2D eigenvalue weighted by Gasteiger charge is 2.33. The van der Waals surface area contributed by atoms with Crippen molar-refractivity contribution in [2.24, 2.45) is 5.92 Å². The third kappa shape index (κ3) is 6.25. The standard InChI is InChI=1S/C27H30F3N3O3/c28-27(29,30)21-12-10-20(11-13-21)26(36)33-16-14-19(15-17-33)25(35)32-23-9-5-4-8-22(23)31-24(34)18-6-2-1-3-7-18/h1-3,6-7,10-13,19,22-23H,4-5,8-9,14-17H2,(H,31,34)(H,32,35)/t22-,23-/m1/s1. The van der Waals surface area contributed by atoms with Gasteiger partial charge in [-0.05, 0) is 62.1 Å². The molecule has 2 N–H and O–H groups in total. The maximum atomic E-state index is 13.0. The second-order valence-electron chi connectivity index (χ2n) is 9.49. The fraction of sp³-hybridized carbons (Fsp3) is 0.444. The van der Waals surface area contributed by atoms with Gasteiger partial charge in [0.2, 0.25) is 5.91 Å². The third-order valence-corrected chi connectivity index (χ3v) is 7.06. The van der Waals surface area contributed by atoms with Crippen LogP contribution < -0.4 is 10.6 Å². The lowest BCUT2D eigenvalue weighted by atomic mass is 9.88. The molecule has 2 fully saturated rings. The van der Waals surface area contributed by atoms with Gasteiger partial charge in [0.1, 0.15) is 0 Å². The molecule has 1 saturated heterocycles. The van der Waals surface area contributed by atoms with E-state index in [4.69, 9.17) is 0 Å². The van der Waals surface area contributed by atoms with Crippen molar-refractivity contribution in [1.29, 1.82) is 0 Å². The number of piperidine rings is 1. The number of halogens is 3. The van der Waals surface area contributed by atoms with Gasteiger partial charge in [-0.3, -0.25) is 14.4 Å². The molecule has 1 aliphatic heterocycles. The Labute approximate surface area is 208 Å². The summed E-state index contributed by atoms with van der Waals surface area (Å²) in [5.41, 5.74) is -0.0150. The molecule has 0 unspecified atom stereocenters. The molecule has 3 amide bonds. The van der Waals surface area contributed by atoms with Crippen molar-refractivity contribution in [3.8, 4) is 0 Å². The Kier molecular flexibility index (Phi) is 7.96. The first-order valence-electron chi connectivity index (χ1n) is 12.3. The number of hydrogen-bond acceptors (Lipinski definition) is 3. The molecule has 6 nitrogen and oxygen atoms in total. The molecule has 192 valence electrons. The Hall–Kier alpha value is -3.36. The Morgan fingerprint density at radius 2 is 1.33 bits per heavy atom. The molecule has 2 atom stereocenters. The number of amides is 3. The lowest BCUT2D eigenvalue weighted by Crippen LogP contribution is -2.55. The topological polar surface area (TPSA) is 78.5 Å². The second kappa shape index (κ2) is 11.1. The predicted octanol–water partition coefficient (Wildman–Crippen LogP) is 4.42. The van der Waals surface area contributed by atoms with Crippen molar-refractivity contribution in [1.82, 2.24) is 15.5 Å². The fourth-order valence-electron chi connectivity index (χ4n) is 4.95. The lowest BCUT2D eigenvalue weighted by molar-refractivity contribution is -0.137. The molecule has 2 aromatic rings. The van der Waals surface area contributed by atoms with Crippen molar-refractivity contribution < 1.29 is 27.6 Å². The largest absolute Gasteiger partial charge is 0.416 e. The van der Waals surface area contributed by atoms with E-state index in [-0.39, 0.29) is 41.3 Å². The molecule has 0 aromatic heterocycles. The predicted molar refractivity (Wildman–Crippen MR) is 128 cm³/mol. The zero-order valence-electron chi connectivity index (χ0n) is 19.9. The summed E-state index contributed by atoms with van der Waals surface area (Å²) >= 11 is 0. The molecule has 0 spiro atoms. The van der Waals surface area contributed by atoms with E-state index >= 15 is 0 Å². The van der Waals surface area contributed by atoms with Crippen molar-refractivity contribution >= 4 is 17.7 Å². The van der Waals surface area contributed by atoms with Crippen LogP contribution in [0.1, 0.15) is 64.8 Å². The molecule has 0 radical (unpaired) electrons. The van der Waals surface area contributed by atoms with Crippen molar-refractivity contribution in [2.75, 3.05) is 13.1 Å². The molecule has 1 heterocycles. The summed E-state index contributed by atoms with van der Waals surface area (Å²) in [6.45, 7) is 0.716. The van der Waals surface area contributed by atoms with Crippen LogP contribution in [0.5, 0.6) is 0 Å². The van der Waals surface area contributed by atoms with Crippen LogP contribution in [0.3, 0.4) is 0 Å². The Balaban J connectivity index is 1.29. The quantitative estimate of drug-likeness (QED) is 0.637. The second-order valence-corrected chi connectivity index (χ2v) is 9.49. The number of nitrogens with zero attached hydrogens (tertiary/aromatic N) is 1. The van der Waals surface area contributed by atoms with Gasteiger partial charge in [0, 0.05) is 42.2 Å². The summed E-state index contributed by atoms with van der Waals surface area (Å²) in [6, 6.07) is 12.9. The average molecular weight is 502 g/mol. The minimum Gasteiger partial charge on any atom is -0.351 e. The van der Waals surface area contributed by atoms with Gasteiger partial charge in [-0.25, -0.2) is 0 Å². The van der Waals surface area contributed by atoms with E-state index in [1.54, 1.807) is 17.0 Å². The Morgan fingerprint density at radius 3 is 1.92 bits per heavy atom. The van der Waals surface area contributed by atoms with Gasteiger partial charge in [0.25, 0.3) is 11.8 Å². The number of nitrogens with one attached hydrogen (secondary N) is 2. The van der Waals surface area contributed by atoms with E-state index in [0.717, 1.165) is 37.8 Å². The van der Waals surface area contributed by atoms with Gasteiger partial charge in [-0.15, -0.1) is 0 Å². The molecular weight excluding hydrogens is 471 g/mol. The normalized spacial score (nSPS) is 21.0. The maximum Gasteiger partial charge on any atom is 0.416 e. The molecule has 0 bridgehead atoms. The summed E-state index contributed by atoms with van der Waals surface area (Å²) in [5, 5.41) is 6.20. The van der Waals surface area contributed by atoms with Gasteiger partial charge in [-0.2, -0.15) is 13.2 Å². The molecule has 4 rings (SSSR count). The van der Waals surface area contributed by atoms with Crippen LogP contribution in [0.25, 0.3) is 0 Å². The number of carbonyl (C=O) groups is 3. The molecule has 9 heteroatoms. The SMILES string of the molecule is O=C(N[C@@H]1CCCC[C@H]1NC(=O)C1CCN(C(=O)c2ccc(C(F)(F)F)cc2)CC1)c1ccccc1. The highest BCUT2D eigenvalue weighted by molar-refractivity contribution is 5.95. The molecule has 2 aliphatic rings. The summed E-state index contributed by atoms with van der Waals surface area (Å²) in [6.07, 6.45) is 0.0481. The van der Waals surface area contributed by atoms with Crippen LogP contribution >= 0.6 is 0 Å². The van der Waals surface area contributed by atoms with Gasteiger partial charge in [-0.1, -0.05) is 31.0 Å². The van der Waals surface area contributed by atoms with Crippen LogP contribution in [0, 0.1) is 5.92 Å². The van der Waals surface area contributed by atoms with Crippen LogP contribution in [-0.2, 0) is 11.0 Å². The van der Waals surface area contributed by atoms with E-state index in [2.05, 4.69) is 10.6 Å². The molecule has 1 saturated carbocycles. The van der Waals surface area contributed by atoms with Crippen LogP contribution in [0.15, 0.2) is 54.6 Å². The Bertz CT molecular complexity index is 1070. The van der Waals surface area contributed by atoms with Gasteiger partial charge in [0.15, 0.2) is 0 Å². The van der Waals surface area contributed by atoms with Gasteiger partial charge >= 0.3 is 6.18 Å². The van der Waals surface area contributed by atoms with E-state index in [0.29, 0.717) is 31.5 Å². The van der Waals surface area contributed by atoms with Gasteiger partial charge < -0.3 is 15.5 Å². The van der Waals surface area contributed by atoms with Crippen molar-refractivity contribution in [3.63, 3.8) is 0 Å². The van der Waals surface area contributed by atoms with E-state index in [1.165, 1.54) is 12.1 Å². The lowest BCUT2D eigenvalue weighted by Gasteiger charge is -2.36. The summed E-state index contributed by atoms with van der Waals surface area (Å²) in [4.78, 5) is 39.9. The first-order valence-corrected chi connectivity index (χ1v) is 12.3.